The third-order valence-corrected chi connectivity index (χ3v) is 3.77. The fourth-order valence-electron chi connectivity index (χ4n) is 2.66. The van der Waals surface area contributed by atoms with Crippen molar-refractivity contribution >= 4 is 6.41 Å². The van der Waals surface area contributed by atoms with Gasteiger partial charge in [-0.05, 0) is 37.2 Å². The van der Waals surface area contributed by atoms with Crippen LogP contribution in [0.15, 0.2) is 30.3 Å². The predicted molar refractivity (Wildman–Crippen MR) is 72.9 cm³/mol. The Kier molecular flexibility index (Phi) is 5.21. The summed E-state index contributed by atoms with van der Waals surface area (Å²) in [5.74, 6) is 0.832. The first-order valence-corrected chi connectivity index (χ1v) is 6.87. The van der Waals surface area contributed by atoms with Crippen LogP contribution in [0.1, 0.15) is 31.2 Å². The Morgan fingerprint density at radius 3 is 2.61 bits per heavy atom. The molecule has 0 saturated carbocycles. The molecule has 0 radical (unpaired) electrons. The third-order valence-electron chi connectivity index (χ3n) is 3.77. The Labute approximate surface area is 109 Å². The lowest BCUT2D eigenvalue weighted by Crippen LogP contribution is -2.42. The van der Waals surface area contributed by atoms with E-state index < -0.39 is 0 Å². The van der Waals surface area contributed by atoms with Crippen LogP contribution in [0.25, 0.3) is 0 Å². The minimum atomic E-state index is 0.774. The van der Waals surface area contributed by atoms with Crippen LogP contribution in [0, 0.1) is 5.92 Å². The Bertz CT molecular complexity index is 345. The standard InChI is InChI=1S/C15H22N2O/c18-13-16-17-11-9-15(10-12-17)8-4-7-14-5-2-1-3-6-14/h1-3,5-6,13,15H,4,7-12H2,(H,16,18). The number of carbonyl (C=O) groups excluding carboxylic acids is 1. The molecule has 0 spiro atoms. The van der Waals surface area contributed by atoms with Crippen molar-refractivity contribution in [3.8, 4) is 0 Å². The van der Waals surface area contributed by atoms with Crippen molar-refractivity contribution in [1.82, 2.24) is 10.4 Å². The molecule has 18 heavy (non-hydrogen) atoms. The molecule has 0 aliphatic carbocycles. The lowest BCUT2D eigenvalue weighted by atomic mass is 9.91. The van der Waals surface area contributed by atoms with Crippen LogP contribution in [0.3, 0.4) is 0 Å². The average molecular weight is 246 g/mol. The van der Waals surface area contributed by atoms with Gasteiger partial charge in [0.25, 0.3) is 0 Å². The number of hydrazine groups is 1. The quantitative estimate of drug-likeness (QED) is 0.782. The van der Waals surface area contributed by atoms with E-state index in [1.807, 2.05) is 5.01 Å². The molecule has 1 fully saturated rings. The minimum Gasteiger partial charge on any atom is -0.292 e. The maximum absolute atomic E-state index is 10.3. The molecule has 1 aliphatic heterocycles. The summed E-state index contributed by atoms with van der Waals surface area (Å²) in [6.45, 7) is 1.99. The third kappa shape index (κ3) is 4.15. The Morgan fingerprint density at radius 1 is 1.22 bits per heavy atom. The van der Waals surface area contributed by atoms with Gasteiger partial charge in [0.05, 0.1) is 0 Å². The van der Waals surface area contributed by atoms with Gasteiger partial charge < -0.3 is 0 Å². The zero-order chi connectivity index (χ0) is 12.6. The van der Waals surface area contributed by atoms with Gasteiger partial charge in [-0.25, -0.2) is 5.01 Å². The van der Waals surface area contributed by atoms with Gasteiger partial charge in [0.15, 0.2) is 0 Å². The van der Waals surface area contributed by atoms with E-state index in [2.05, 4.69) is 35.8 Å². The molecule has 0 unspecified atom stereocenters. The van der Waals surface area contributed by atoms with Gasteiger partial charge in [0.1, 0.15) is 0 Å². The lowest BCUT2D eigenvalue weighted by Gasteiger charge is -2.30. The van der Waals surface area contributed by atoms with E-state index in [-0.39, 0.29) is 0 Å². The first-order valence-electron chi connectivity index (χ1n) is 6.87. The topological polar surface area (TPSA) is 32.3 Å². The van der Waals surface area contributed by atoms with Gasteiger partial charge in [-0.3, -0.25) is 10.2 Å². The monoisotopic (exact) mass is 246 g/mol. The van der Waals surface area contributed by atoms with E-state index in [1.165, 1.54) is 37.7 Å². The Morgan fingerprint density at radius 2 is 1.94 bits per heavy atom. The molecule has 1 aromatic rings. The molecular formula is C15H22N2O. The normalized spacial score (nSPS) is 17.6. The molecule has 1 aromatic carbocycles. The molecule has 0 atom stereocenters. The molecule has 1 heterocycles. The van der Waals surface area contributed by atoms with Crippen LogP contribution >= 0.6 is 0 Å². The Balaban J connectivity index is 1.62. The number of benzene rings is 1. The van der Waals surface area contributed by atoms with Crippen molar-refractivity contribution in [2.45, 2.75) is 32.1 Å². The molecule has 1 amide bonds. The molecule has 1 N–H and O–H groups in total. The van der Waals surface area contributed by atoms with Gasteiger partial charge in [0, 0.05) is 13.1 Å². The van der Waals surface area contributed by atoms with Crippen LogP contribution in [-0.4, -0.2) is 24.5 Å². The molecule has 3 nitrogen and oxygen atoms in total. The second-order valence-corrected chi connectivity index (χ2v) is 5.06. The Hall–Kier alpha value is -1.35. The fourth-order valence-corrected chi connectivity index (χ4v) is 2.66. The minimum absolute atomic E-state index is 0.774. The number of rotatable bonds is 6. The van der Waals surface area contributed by atoms with Gasteiger partial charge in [0.2, 0.25) is 6.41 Å². The summed E-state index contributed by atoms with van der Waals surface area (Å²) >= 11 is 0. The number of piperidine rings is 1. The first-order chi connectivity index (χ1) is 8.88. The zero-order valence-corrected chi connectivity index (χ0v) is 10.8. The lowest BCUT2D eigenvalue weighted by molar-refractivity contribution is -0.114. The van der Waals surface area contributed by atoms with E-state index >= 15 is 0 Å². The molecular weight excluding hydrogens is 224 g/mol. The van der Waals surface area contributed by atoms with Crippen LogP contribution in [0.2, 0.25) is 0 Å². The highest BCUT2D eigenvalue weighted by molar-refractivity contribution is 5.44. The summed E-state index contributed by atoms with van der Waals surface area (Å²) in [5.41, 5.74) is 4.18. The van der Waals surface area contributed by atoms with E-state index in [0.717, 1.165) is 25.4 Å². The number of carbonyl (C=O) groups is 1. The van der Waals surface area contributed by atoms with Crippen molar-refractivity contribution in [3.05, 3.63) is 35.9 Å². The maximum atomic E-state index is 10.3. The second-order valence-electron chi connectivity index (χ2n) is 5.06. The van der Waals surface area contributed by atoms with Gasteiger partial charge >= 0.3 is 0 Å². The van der Waals surface area contributed by atoms with Crippen LogP contribution in [-0.2, 0) is 11.2 Å². The molecule has 3 heteroatoms. The predicted octanol–water partition coefficient (Wildman–Crippen LogP) is 2.38. The number of hydrogen-bond acceptors (Lipinski definition) is 2. The van der Waals surface area contributed by atoms with Crippen molar-refractivity contribution in [3.63, 3.8) is 0 Å². The molecule has 1 aliphatic rings. The number of hydrogen-bond donors (Lipinski definition) is 1. The number of nitrogens with one attached hydrogen (secondary N) is 1. The highest BCUT2D eigenvalue weighted by atomic mass is 16.1. The van der Waals surface area contributed by atoms with Crippen molar-refractivity contribution in [1.29, 1.82) is 0 Å². The van der Waals surface area contributed by atoms with Crippen molar-refractivity contribution in [2.75, 3.05) is 13.1 Å². The van der Waals surface area contributed by atoms with Crippen molar-refractivity contribution < 1.29 is 4.79 Å². The summed E-state index contributed by atoms with van der Waals surface area (Å²) in [6, 6.07) is 10.7. The maximum Gasteiger partial charge on any atom is 0.221 e. The molecule has 2 rings (SSSR count). The van der Waals surface area contributed by atoms with E-state index in [0.29, 0.717) is 0 Å². The van der Waals surface area contributed by atoms with Crippen molar-refractivity contribution in [2.24, 2.45) is 5.92 Å². The highest BCUT2D eigenvalue weighted by Crippen LogP contribution is 2.21. The highest BCUT2D eigenvalue weighted by Gasteiger charge is 2.18. The summed E-state index contributed by atoms with van der Waals surface area (Å²) in [5, 5.41) is 2.01. The molecule has 98 valence electrons. The second kappa shape index (κ2) is 7.17. The van der Waals surface area contributed by atoms with Crippen LogP contribution in [0.5, 0.6) is 0 Å². The smallest absolute Gasteiger partial charge is 0.221 e. The van der Waals surface area contributed by atoms with Crippen LogP contribution in [0.4, 0.5) is 0 Å². The zero-order valence-electron chi connectivity index (χ0n) is 10.8. The largest absolute Gasteiger partial charge is 0.292 e. The van der Waals surface area contributed by atoms with Gasteiger partial charge in [-0.15, -0.1) is 0 Å². The summed E-state index contributed by atoms with van der Waals surface area (Å²) < 4.78 is 0. The summed E-state index contributed by atoms with van der Waals surface area (Å²) in [4.78, 5) is 10.3. The number of aryl methyl sites for hydroxylation is 1. The number of amides is 1. The first kappa shape index (κ1) is 13.1. The van der Waals surface area contributed by atoms with Gasteiger partial charge in [-0.2, -0.15) is 0 Å². The van der Waals surface area contributed by atoms with E-state index in [4.69, 9.17) is 0 Å². The average Bonchev–Trinajstić information content (AvgIpc) is 2.42. The van der Waals surface area contributed by atoms with Gasteiger partial charge in [-0.1, -0.05) is 36.8 Å². The van der Waals surface area contributed by atoms with E-state index in [1.54, 1.807) is 0 Å². The number of nitrogens with zero attached hydrogens (tertiary/aromatic N) is 1. The molecule has 0 bridgehead atoms. The van der Waals surface area contributed by atoms with E-state index in [9.17, 15) is 4.79 Å². The summed E-state index contributed by atoms with van der Waals surface area (Å²) in [6.07, 6.45) is 6.95. The fraction of sp³-hybridized carbons (Fsp3) is 0.533. The summed E-state index contributed by atoms with van der Waals surface area (Å²) in [7, 11) is 0. The molecule has 1 saturated heterocycles. The van der Waals surface area contributed by atoms with Crippen LogP contribution < -0.4 is 5.43 Å². The SMILES string of the molecule is O=CNN1CCC(CCCc2ccccc2)CC1. The molecule has 0 aromatic heterocycles.